The Hall–Kier alpha value is -1.43. The van der Waals surface area contributed by atoms with Crippen LogP contribution in [0.1, 0.15) is 55.3 Å². The molecule has 1 aromatic carbocycles. The third-order valence-corrected chi connectivity index (χ3v) is 6.26. The van der Waals surface area contributed by atoms with Gasteiger partial charge in [-0.1, -0.05) is 35.0 Å². The molecule has 2 aliphatic heterocycles. The number of halogens is 1. The summed E-state index contributed by atoms with van der Waals surface area (Å²) < 4.78 is 10.9. The van der Waals surface area contributed by atoms with Crippen molar-refractivity contribution in [3.05, 3.63) is 46.6 Å². The zero-order valence-electron chi connectivity index (χ0n) is 15.8. The van der Waals surface area contributed by atoms with E-state index in [0.717, 1.165) is 81.2 Å². The van der Waals surface area contributed by atoms with Crippen molar-refractivity contribution >= 4 is 11.6 Å². The van der Waals surface area contributed by atoms with Gasteiger partial charge in [-0.3, -0.25) is 4.90 Å². The van der Waals surface area contributed by atoms with E-state index in [-0.39, 0.29) is 0 Å². The molecule has 146 valence electrons. The molecule has 0 amide bonds. The topological polar surface area (TPSA) is 51.4 Å². The molecule has 0 unspecified atom stereocenters. The quantitative estimate of drug-likeness (QED) is 0.729. The summed E-state index contributed by atoms with van der Waals surface area (Å²) in [5.74, 6) is 2.81. The van der Waals surface area contributed by atoms with Crippen LogP contribution in [-0.2, 0) is 17.7 Å². The highest BCUT2D eigenvalue weighted by atomic mass is 35.5. The van der Waals surface area contributed by atoms with Gasteiger partial charge in [-0.2, -0.15) is 4.98 Å². The SMILES string of the molecule is Clc1ccccc1CN1CCC(CCc2noc(C3CCOCC3)n2)CC1. The van der Waals surface area contributed by atoms with E-state index in [1.807, 2.05) is 12.1 Å². The van der Waals surface area contributed by atoms with Crippen molar-refractivity contribution in [3.63, 3.8) is 0 Å². The number of piperidine rings is 1. The van der Waals surface area contributed by atoms with Gasteiger partial charge in [0, 0.05) is 37.1 Å². The van der Waals surface area contributed by atoms with E-state index in [0.29, 0.717) is 5.92 Å². The van der Waals surface area contributed by atoms with Crippen molar-refractivity contribution in [1.82, 2.24) is 15.0 Å². The van der Waals surface area contributed by atoms with Gasteiger partial charge in [0.25, 0.3) is 0 Å². The lowest BCUT2D eigenvalue weighted by Crippen LogP contribution is -2.33. The van der Waals surface area contributed by atoms with E-state index < -0.39 is 0 Å². The number of rotatable bonds is 6. The van der Waals surface area contributed by atoms with Gasteiger partial charge in [-0.05, 0) is 62.7 Å². The Morgan fingerprint density at radius 1 is 1.07 bits per heavy atom. The van der Waals surface area contributed by atoms with E-state index >= 15 is 0 Å². The van der Waals surface area contributed by atoms with Crippen LogP contribution in [0, 0.1) is 5.92 Å². The van der Waals surface area contributed by atoms with E-state index in [1.54, 1.807) is 0 Å². The normalized spacial score (nSPS) is 20.2. The Morgan fingerprint density at radius 2 is 1.85 bits per heavy atom. The Kier molecular flexibility index (Phi) is 6.43. The van der Waals surface area contributed by atoms with E-state index in [2.05, 4.69) is 27.2 Å². The third-order valence-electron chi connectivity index (χ3n) is 5.89. The maximum atomic E-state index is 6.29. The Labute approximate surface area is 166 Å². The highest BCUT2D eigenvalue weighted by molar-refractivity contribution is 6.31. The van der Waals surface area contributed by atoms with Crippen LogP contribution in [0.5, 0.6) is 0 Å². The molecule has 0 spiro atoms. The predicted octanol–water partition coefficient (Wildman–Crippen LogP) is 4.46. The van der Waals surface area contributed by atoms with E-state index in [9.17, 15) is 0 Å². The van der Waals surface area contributed by atoms with Crippen LogP contribution in [0.15, 0.2) is 28.8 Å². The maximum absolute atomic E-state index is 6.29. The van der Waals surface area contributed by atoms with Crippen molar-refractivity contribution in [2.24, 2.45) is 5.92 Å². The van der Waals surface area contributed by atoms with Crippen LogP contribution in [0.3, 0.4) is 0 Å². The average Bonchev–Trinajstić information content (AvgIpc) is 3.19. The first-order valence-electron chi connectivity index (χ1n) is 10.1. The number of nitrogens with zero attached hydrogens (tertiary/aromatic N) is 3. The fourth-order valence-electron chi connectivity index (χ4n) is 4.11. The molecular weight excluding hydrogens is 362 g/mol. The summed E-state index contributed by atoms with van der Waals surface area (Å²) in [7, 11) is 0. The third kappa shape index (κ3) is 5.09. The molecule has 2 aliphatic rings. The van der Waals surface area contributed by atoms with Gasteiger partial charge in [0.1, 0.15) is 0 Å². The number of hydrogen-bond acceptors (Lipinski definition) is 5. The van der Waals surface area contributed by atoms with Gasteiger partial charge in [-0.25, -0.2) is 0 Å². The van der Waals surface area contributed by atoms with Crippen LogP contribution in [0.2, 0.25) is 5.02 Å². The summed E-state index contributed by atoms with van der Waals surface area (Å²) in [5.41, 5.74) is 1.23. The van der Waals surface area contributed by atoms with Crippen LogP contribution >= 0.6 is 11.6 Å². The Morgan fingerprint density at radius 3 is 2.63 bits per heavy atom. The highest BCUT2D eigenvalue weighted by Gasteiger charge is 2.23. The molecule has 2 aromatic rings. The van der Waals surface area contributed by atoms with Crippen LogP contribution in [0.4, 0.5) is 0 Å². The zero-order chi connectivity index (χ0) is 18.5. The molecule has 2 fully saturated rings. The van der Waals surface area contributed by atoms with Gasteiger partial charge in [-0.15, -0.1) is 0 Å². The summed E-state index contributed by atoms with van der Waals surface area (Å²) in [6, 6.07) is 8.15. The summed E-state index contributed by atoms with van der Waals surface area (Å²) in [6.45, 7) is 4.82. The minimum Gasteiger partial charge on any atom is -0.381 e. The molecule has 5 nitrogen and oxygen atoms in total. The molecule has 0 bridgehead atoms. The second-order valence-corrected chi connectivity index (χ2v) is 8.19. The predicted molar refractivity (Wildman–Crippen MR) is 105 cm³/mol. The van der Waals surface area contributed by atoms with Crippen molar-refractivity contribution < 1.29 is 9.26 Å². The molecule has 2 saturated heterocycles. The zero-order valence-corrected chi connectivity index (χ0v) is 16.5. The summed E-state index contributed by atoms with van der Waals surface area (Å²) in [6.07, 6.45) is 6.51. The maximum Gasteiger partial charge on any atom is 0.229 e. The molecule has 0 atom stereocenters. The Balaban J connectivity index is 1.21. The second kappa shape index (κ2) is 9.18. The number of hydrogen-bond donors (Lipinski definition) is 0. The van der Waals surface area contributed by atoms with Crippen molar-refractivity contribution in [1.29, 1.82) is 0 Å². The van der Waals surface area contributed by atoms with Gasteiger partial charge in [0.05, 0.1) is 0 Å². The molecule has 3 heterocycles. The lowest BCUT2D eigenvalue weighted by Gasteiger charge is -2.32. The number of likely N-dealkylation sites (tertiary alicyclic amines) is 1. The molecule has 6 heteroatoms. The molecule has 0 radical (unpaired) electrons. The van der Waals surface area contributed by atoms with Crippen LogP contribution in [-0.4, -0.2) is 41.3 Å². The smallest absolute Gasteiger partial charge is 0.229 e. The summed E-state index contributed by atoms with van der Waals surface area (Å²) >= 11 is 6.29. The number of aryl methyl sites for hydroxylation is 1. The number of aromatic nitrogens is 2. The molecule has 4 rings (SSSR count). The van der Waals surface area contributed by atoms with E-state index in [1.165, 1.54) is 18.4 Å². The second-order valence-electron chi connectivity index (χ2n) is 7.79. The first-order chi connectivity index (χ1) is 13.3. The first kappa shape index (κ1) is 18.9. The molecule has 0 N–H and O–H groups in total. The van der Waals surface area contributed by atoms with Crippen molar-refractivity contribution in [2.75, 3.05) is 26.3 Å². The minimum atomic E-state index is 0.382. The average molecular weight is 390 g/mol. The standard InChI is InChI=1S/C21H28ClN3O2/c22-19-4-2-1-3-18(19)15-25-11-7-16(8-12-25)5-6-20-23-21(27-24-20)17-9-13-26-14-10-17/h1-4,16-17H,5-15H2. The van der Waals surface area contributed by atoms with Gasteiger partial charge in [0.15, 0.2) is 5.82 Å². The molecular formula is C21H28ClN3O2. The molecule has 0 saturated carbocycles. The highest BCUT2D eigenvalue weighted by Crippen LogP contribution is 2.27. The van der Waals surface area contributed by atoms with Gasteiger partial charge >= 0.3 is 0 Å². The molecule has 27 heavy (non-hydrogen) atoms. The lowest BCUT2D eigenvalue weighted by molar-refractivity contribution is 0.0778. The fraction of sp³-hybridized carbons (Fsp3) is 0.619. The largest absolute Gasteiger partial charge is 0.381 e. The fourth-order valence-corrected chi connectivity index (χ4v) is 4.31. The van der Waals surface area contributed by atoms with Gasteiger partial charge in [0.2, 0.25) is 5.89 Å². The summed E-state index contributed by atoms with van der Waals surface area (Å²) in [4.78, 5) is 7.15. The summed E-state index contributed by atoms with van der Waals surface area (Å²) in [5, 5.41) is 5.08. The van der Waals surface area contributed by atoms with Crippen molar-refractivity contribution in [2.45, 2.75) is 51.0 Å². The monoisotopic (exact) mass is 389 g/mol. The van der Waals surface area contributed by atoms with Crippen LogP contribution < -0.4 is 0 Å². The van der Waals surface area contributed by atoms with Crippen molar-refractivity contribution in [3.8, 4) is 0 Å². The number of benzene rings is 1. The molecule has 1 aromatic heterocycles. The van der Waals surface area contributed by atoms with E-state index in [4.69, 9.17) is 20.9 Å². The van der Waals surface area contributed by atoms with Crippen LogP contribution in [0.25, 0.3) is 0 Å². The molecule has 0 aliphatic carbocycles. The van der Waals surface area contributed by atoms with Gasteiger partial charge < -0.3 is 9.26 Å². The minimum absolute atomic E-state index is 0.382. The lowest BCUT2D eigenvalue weighted by atomic mass is 9.92. The first-order valence-corrected chi connectivity index (χ1v) is 10.5. The Bertz CT molecular complexity index is 722. The number of ether oxygens (including phenoxy) is 1.